The number of pyridine rings is 1. The Balaban J connectivity index is 1.50. The molecular weight excluding hydrogens is 407 g/mol. The zero-order chi connectivity index (χ0) is 21.3. The van der Waals surface area contributed by atoms with Crippen molar-refractivity contribution in [3.63, 3.8) is 0 Å². The van der Waals surface area contributed by atoms with Gasteiger partial charge in [-0.05, 0) is 55.0 Å². The average molecular weight is 431 g/mol. The molecule has 2 N–H and O–H groups in total. The van der Waals surface area contributed by atoms with Crippen molar-refractivity contribution in [2.75, 3.05) is 35.7 Å². The van der Waals surface area contributed by atoms with E-state index in [0.717, 1.165) is 12.1 Å². The Kier molecular flexibility index (Phi) is 5.80. The molecule has 0 unspecified atom stereocenters. The quantitative estimate of drug-likeness (QED) is 0.781. The predicted octanol–water partition coefficient (Wildman–Crippen LogP) is 2.94. The van der Waals surface area contributed by atoms with Crippen LogP contribution in [0.4, 0.5) is 20.6 Å². The molecule has 9 heteroatoms. The van der Waals surface area contributed by atoms with E-state index in [9.17, 15) is 18.8 Å². The number of anilines is 2. The summed E-state index contributed by atoms with van der Waals surface area (Å²) in [7, 11) is 0. The Morgan fingerprint density at radius 3 is 2.60 bits per heavy atom. The van der Waals surface area contributed by atoms with Crippen LogP contribution >= 0.6 is 11.8 Å². The van der Waals surface area contributed by atoms with Gasteiger partial charge in [0.25, 0.3) is 5.56 Å². The molecule has 1 saturated heterocycles. The van der Waals surface area contributed by atoms with Crippen molar-refractivity contribution >= 4 is 35.1 Å². The zero-order valence-electron chi connectivity index (χ0n) is 16.6. The third-order valence-electron chi connectivity index (χ3n) is 5.54. The first-order valence-electron chi connectivity index (χ1n) is 9.78. The highest BCUT2D eigenvalue weighted by Crippen LogP contribution is 2.35. The Bertz CT molecular complexity index is 1020. The molecule has 1 aromatic heterocycles. The third kappa shape index (κ3) is 4.21. The van der Waals surface area contributed by atoms with Gasteiger partial charge >= 0.3 is 6.03 Å². The average Bonchev–Trinajstić information content (AvgIpc) is 2.72. The summed E-state index contributed by atoms with van der Waals surface area (Å²) < 4.78 is 14.8. The number of amides is 3. The minimum Gasteiger partial charge on any atom is -0.324 e. The fourth-order valence-electron chi connectivity index (χ4n) is 4.26. The van der Waals surface area contributed by atoms with Crippen molar-refractivity contribution in [3.8, 4) is 0 Å². The highest BCUT2D eigenvalue weighted by molar-refractivity contribution is 7.99. The third-order valence-corrected chi connectivity index (χ3v) is 6.09. The first-order valence-corrected chi connectivity index (χ1v) is 11.2. The lowest BCUT2D eigenvalue weighted by Gasteiger charge is -2.42. The number of piperidine rings is 1. The van der Waals surface area contributed by atoms with E-state index in [0.29, 0.717) is 36.8 Å². The summed E-state index contributed by atoms with van der Waals surface area (Å²) in [6.07, 6.45) is 2.75. The van der Waals surface area contributed by atoms with E-state index < -0.39 is 0 Å². The fraction of sp³-hybridized carbons (Fsp3) is 0.381. The lowest BCUT2D eigenvalue weighted by Crippen LogP contribution is -2.50. The molecule has 0 saturated carbocycles. The number of fused-ring (bicyclic) bond motifs is 4. The van der Waals surface area contributed by atoms with Crippen molar-refractivity contribution < 1.29 is 14.0 Å². The maximum Gasteiger partial charge on any atom is 0.321 e. The molecule has 1 aromatic carbocycles. The van der Waals surface area contributed by atoms with Gasteiger partial charge < -0.3 is 20.1 Å². The van der Waals surface area contributed by atoms with Crippen molar-refractivity contribution in [2.45, 2.75) is 18.9 Å². The molecule has 30 heavy (non-hydrogen) atoms. The van der Waals surface area contributed by atoms with Gasteiger partial charge in [0.05, 0.1) is 5.75 Å². The van der Waals surface area contributed by atoms with E-state index in [4.69, 9.17) is 0 Å². The Labute approximate surface area is 177 Å². The molecule has 0 aliphatic carbocycles. The van der Waals surface area contributed by atoms with Crippen LogP contribution < -0.4 is 16.2 Å². The number of nitrogens with one attached hydrogen (secondary N) is 2. The molecule has 2 aliphatic heterocycles. The molecule has 2 bridgehead atoms. The number of thioether (sulfide) groups is 1. The van der Waals surface area contributed by atoms with Crippen LogP contribution in [0.25, 0.3) is 0 Å². The molecule has 158 valence electrons. The lowest BCUT2D eigenvalue weighted by atomic mass is 9.83. The summed E-state index contributed by atoms with van der Waals surface area (Å²) in [5.41, 5.74) is 1.53. The van der Waals surface area contributed by atoms with E-state index in [-0.39, 0.29) is 35.2 Å². The predicted molar refractivity (Wildman–Crippen MR) is 116 cm³/mol. The van der Waals surface area contributed by atoms with Crippen LogP contribution in [0.3, 0.4) is 0 Å². The molecule has 3 heterocycles. The summed E-state index contributed by atoms with van der Waals surface area (Å²) in [5, 5.41) is 5.50. The largest absolute Gasteiger partial charge is 0.324 e. The highest BCUT2D eigenvalue weighted by Gasteiger charge is 2.36. The molecule has 2 aromatic rings. The summed E-state index contributed by atoms with van der Waals surface area (Å²) in [4.78, 5) is 39.2. The Hall–Kier alpha value is -2.81. The molecule has 2 atom stereocenters. The number of hydrogen-bond acceptors (Lipinski definition) is 4. The van der Waals surface area contributed by atoms with Crippen molar-refractivity contribution in [2.24, 2.45) is 5.92 Å². The molecule has 2 aliphatic rings. The number of benzene rings is 1. The second-order valence-corrected chi connectivity index (χ2v) is 8.58. The van der Waals surface area contributed by atoms with Gasteiger partial charge in [0.15, 0.2) is 0 Å². The van der Waals surface area contributed by atoms with E-state index in [2.05, 4.69) is 10.6 Å². The fourth-order valence-corrected chi connectivity index (χ4v) is 4.59. The summed E-state index contributed by atoms with van der Waals surface area (Å²) in [6.45, 7) is 1.55. The van der Waals surface area contributed by atoms with Crippen molar-refractivity contribution in [1.82, 2.24) is 9.47 Å². The minimum absolute atomic E-state index is 0.0557. The Morgan fingerprint density at radius 2 is 1.87 bits per heavy atom. The molecule has 1 fully saturated rings. The van der Waals surface area contributed by atoms with E-state index in [1.165, 1.54) is 36.0 Å². The Morgan fingerprint density at radius 1 is 1.10 bits per heavy atom. The van der Waals surface area contributed by atoms with Crippen molar-refractivity contribution in [3.05, 3.63) is 58.3 Å². The van der Waals surface area contributed by atoms with Gasteiger partial charge in [0.2, 0.25) is 5.91 Å². The number of halogens is 1. The van der Waals surface area contributed by atoms with E-state index in [1.807, 2.05) is 12.3 Å². The number of hydrogen-bond donors (Lipinski definition) is 2. The maximum absolute atomic E-state index is 13.1. The first-order chi connectivity index (χ1) is 14.4. The highest BCUT2D eigenvalue weighted by atomic mass is 32.2. The number of likely N-dealkylation sites (tertiary alicyclic amines) is 1. The second kappa shape index (κ2) is 8.51. The lowest BCUT2D eigenvalue weighted by molar-refractivity contribution is -0.113. The van der Waals surface area contributed by atoms with Crippen LogP contribution in [0.2, 0.25) is 0 Å². The standard InChI is InChI=1S/C21H23FN4O3S/c1-30-12-19(27)24-17-6-7-18-14-8-13(10-26(18)20(17)28)9-25(11-14)21(29)23-16-4-2-15(22)3-5-16/h2-7,13-14H,8-12H2,1H3,(H,23,29)(H,24,27)/t13-,14-/m1/s1. The second-order valence-electron chi connectivity index (χ2n) is 7.71. The summed E-state index contributed by atoms with van der Waals surface area (Å²) >= 11 is 1.40. The molecule has 3 amide bonds. The van der Waals surface area contributed by atoms with Crippen LogP contribution in [0.5, 0.6) is 0 Å². The number of aromatic nitrogens is 1. The summed E-state index contributed by atoms with van der Waals surface area (Å²) in [6, 6.07) is 8.97. The summed E-state index contributed by atoms with van der Waals surface area (Å²) in [5.74, 6) is -0.0403. The molecule has 4 rings (SSSR count). The topological polar surface area (TPSA) is 83.4 Å². The van der Waals surface area contributed by atoms with Gasteiger partial charge in [-0.25, -0.2) is 9.18 Å². The normalized spacial score (nSPS) is 19.7. The zero-order valence-corrected chi connectivity index (χ0v) is 17.4. The monoisotopic (exact) mass is 430 g/mol. The SMILES string of the molecule is CSCC(=O)Nc1ccc2n(c1=O)C[C@@H]1C[C@@H]2CN(C(=O)Nc2ccc(F)cc2)C1. The smallest absolute Gasteiger partial charge is 0.321 e. The molecular formula is C21H23FN4O3S. The van der Waals surface area contributed by atoms with Gasteiger partial charge in [0.1, 0.15) is 11.5 Å². The first kappa shape index (κ1) is 20.5. The van der Waals surface area contributed by atoms with Crippen LogP contribution in [-0.4, -0.2) is 46.5 Å². The van der Waals surface area contributed by atoms with Gasteiger partial charge in [-0.2, -0.15) is 11.8 Å². The number of carbonyl (C=O) groups excluding carboxylic acids is 2. The minimum atomic E-state index is -0.355. The van der Waals surface area contributed by atoms with Crippen LogP contribution in [0.1, 0.15) is 18.0 Å². The molecule has 7 nitrogen and oxygen atoms in total. The van der Waals surface area contributed by atoms with Crippen LogP contribution in [0, 0.1) is 11.7 Å². The number of carbonyl (C=O) groups is 2. The number of nitrogens with zero attached hydrogens (tertiary/aromatic N) is 2. The number of rotatable bonds is 4. The van der Waals surface area contributed by atoms with Crippen molar-refractivity contribution in [1.29, 1.82) is 0 Å². The molecule has 0 spiro atoms. The van der Waals surface area contributed by atoms with Gasteiger partial charge in [0, 0.05) is 36.9 Å². The maximum atomic E-state index is 13.1. The molecule has 0 radical (unpaired) electrons. The van der Waals surface area contributed by atoms with Gasteiger partial charge in [-0.3, -0.25) is 9.59 Å². The van der Waals surface area contributed by atoms with E-state index in [1.54, 1.807) is 15.5 Å². The number of urea groups is 1. The van der Waals surface area contributed by atoms with Gasteiger partial charge in [-0.15, -0.1) is 0 Å². The van der Waals surface area contributed by atoms with Crippen LogP contribution in [-0.2, 0) is 11.3 Å². The van der Waals surface area contributed by atoms with Gasteiger partial charge in [-0.1, -0.05) is 0 Å². The van der Waals surface area contributed by atoms with E-state index >= 15 is 0 Å². The van der Waals surface area contributed by atoms with Crippen LogP contribution in [0.15, 0.2) is 41.2 Å².